The van der Waals surface area contributed by atoms with Gasteiger partial charge in [0.2, 0.25) is 0 Å². The summed E-state index contributed by atoms with van der Waals surface area (Å²) in [4.78, 5) is 14.1. The SMILES string of the molecule is O=C(NC1CCNC1)N1CCNc2ccccc21. The minimum Gasteiger partial charge on any atom is -0.382 e. The summed E-state index contributed by atoms with van der Waals surface area (Å²) in [5.74, 6) is 0. The Morgan fingerprint density at radius 2 is 2.22 bits per heavy atom. The van der Waals surface area contributed by atoms with Crippen LogP contribution in [0.25, 0.3) is 0 Å². The van der Waals surface area contributed by atoms with Gasteiger partial charge in [-0.3, -0.25) is 4.90 Å². The van der Waals surface area contributed by atoms with Crippen LogP contribution in [-0.4, -0.2) is 38.3 Å². The molecule has 0 bridgehead atoms. The summed E-state index contributed by atoms with van der Waals surface area (Å²) in [5, 5.41) is 9.65. The zero-order valence-corrected chi connectivity index (χ0v) is 10.3. The van der Waals surface area contributed by atoms with Crippen LogP contribution in [0.1, 0.15) is 6.42 Å². The van der Waals surface area contributed by atoms with Crippen LogP contribution in [0, 0.1) is 0 Å². The molecule has 18 heavy (non-hydrogen) atoms. The first kappa shape index (κ1) is 11.3. The fourth-order valence-corrected chi connectivity index (χ4v) is 2.52. The number of fused-ring (bicyclic) bond motifs is 1. The van der Waals surface area contributed by atoms with Gasteiger partial charge >= 0.3 is 6.03 Å². The fourth-order valence-electron chi connectivity index (χ4n) is 2.52. The molecule has 3 N–H and O–H groups in total. The number of carbonyl (C=O) groups is 1. The molecule has 0 saturated carbocycles. The second-order valence-electron chi connectivity index (χ2n) is 4.73. The molecule has 1 aromatic carbocycles. The van der Waals surface area contributed by atoms with E-state index in [0.29, 0.717) is 6.54 Å². The highest BCUT2D eigenvalue weighted by molar-refractivity contribution is 5.96. The van der Waals surface area contributed by atoms with E-state index in [2.05, 4.69) is 16.0 Å². The molecule has 2 aliphatic rings. The number of rotatable bonds is 1. The van der Waals surface area contributed by atoms with E-state index in [1.54, 1.807) is 0 Å². The van der Waals surface area contributed by atoms with Crippen LogP contribution in [0.15, 0.2) is 24.3 Å². The molecule has 0 aromatic heterocycles. The van der Waals surface area contributed by atoms with Crippen LogP contribution in [0.2, 0.25) is 0 Å². The number of urea groups is 1. The molecule has 2 amide bonds. The van der Waals surface area contributed by atoms with E-state index in [1.807, 2.05) is 29.2 Å². The van der Waals surface area contributed by atoms with Crippen LogP contribution >= 0.6 is 0 Å². The van der Waals surface area contributed by atoms with Crippen molar-refractivity contribution >= 4 is 17.4 Å². The molecule has 1 fully saturated rings. The zero-order chi connectivity index (χ0) is 12.4. The van der Waals surface area contributed by atoms with Gasteiger partial charge in [0.05, 0.1) is 11.4 Å². The topological polar surface area (TPSA) is 56.4 Å². The summed E-state index contributed by atoms with van der Waals surface area (Å²) < 4.78 is 0. The van der Waals surface area contributed by atoms with Crippen LogP contribution < -0.4 is 20.9 Å². The van der Waals surface area contributed by atoms with Gasteiger partial charge in [0.25, 0.3) is 0 Å². The number of benzene rings is 1. The number of nitrogens with zero attached hydrogens (tertiary/aromatic N) is 1. The number of nitrogens with one attached hydrogen (secondary N) is 3. The van der Waals surface area contributed by atoms with Gasteiger partial charge in [-0.1, -0.05) is 12.1 Å². The second kappa shape index (κ2) is 4.86. The van der Waals surface area contributed by atoms with Crippen molar-refractivity contribution in [2.75, 3.05) is 36.4 Å². The van der Waals surface area contributed by atoms with Gasteiger partial charge < -0.3 is 16.0 Å². The highest BCUT2D eigenvalue weighted by atomic mass is 16.2. The lowest BCUT2D eigenvalue weighted by Crippen LogP contribution is -2.48. The minimum atomic E-state index is 0.0117. The van der Waals surface area contributed by atoms with Crippen LogP contribution in [0.5, 0.6) is 0 Å². The lowest BCUT2D eigenvalue weighted by molar-refractivity contribution is 0.243. The van der Waals surface area contributed by atoms with Gasteiger partial charge in [0.1, 0.15) is 0 Å². The number of carbonyl (C=O) groups excluding carboxylic acids is 1. The standard InChI is InChI=1S/C13H18N4O/c18-13(16-10-5-6-14-9-10)17-8-7-15-11-3-1-2-4-12(11)17/h1-4,10,14-15H,5-9H2,(H,16,18). The smallest absolute Gasteiger partial charge is 0.322 e. The maximum Gasteiger partial charge on any atom is 0.322 e. The zero-order valence-electron chi connectivity index (χ0n) is 10.3. The summed E-state index contributed by atoms with van der Waals surface area (Å²) in [7, 11) is 0. The lowest BCUT2D eigenvalue weighted by atomic mass is 10.2. The van der Waals surface area contributed by atoms with Gasteiger partial charge in [0.15, 0.2) is 0 Å². The molecular weight excluding hydrogens is 228 g/mol. The number of hydrogen-bond acceptors (Lipinski definition) is 3. The summed E-state index contributed by atoms with van der Waals surface area (Å²) in [6, 6.07) is 8.20. The number of para-hydroxylation sites is 2. The average Bonchev–Trinajstić information content (AvgIpc) is 2.91. The summed E-state index contributed by atoms with van der Waals surface area (Å²) >= 11 is 0. The molecule has 1 aromatic rings. The Labute approximate surface area is 107 Å². The normalized spacial score (nSPS) is 22.2. The van der Waals surface area contributed by atoms with Crippen molar-refractivity contribution in [1.29, 1.82) is 0 Å². The van der Waals surface area contributed by atoms with Crippen molar-refractivity contribution in [3.63, 3.8) is 0 Å². The highest BCUT2D eigenvalue weighted by Crippen LogP contribution is 2.28. The maximum absolute atomic E-state index is 12.3. The van der Waals surface area contributed by atoms with Crippen LogP contribution in [-0.2, 0) is 0 Å². The Morgan fingerprint density at radius 1 is 1.33 bits per heavy atom. The van der Waals surface area contributed by atoms with Gasteiger partial charge in [-0.2, -0.15) is 0 Å². The highest BCUT2D eigenvalue weighted by Gasteiger charge is 2.24. The molecule has 96 valence electrons. The predicted molar refractivity (Wildman–Crippen MR) is 72.1 cm³/mol. The third kappa shape index (κ3) is 2.13. The third-order valence-electron chi connectivity index (χ3n) is 3.48. The Hall–Kier alpha value is -1.75. The lowest BCUT2D eigenvalue weighted by Gasteiger charge is -2.31. The van der Waals surface area contributed by atoms with Crippen molar-refractivity contribution in [1.82, 2.24) is 10.6 Å². The van der Waals surface area contributed by atoms with Crippen molar-refractivity contribution in [2.45, 2.75) is 12.5 Å². The van der Waals surface area contributed by atoms with Gasteiger partial charge in [-0.25, -0.2) is 4.79 Å². The van der Waals surface area contributed by atoms with E-state index in [-0.39, 0.29) is 12.1 Å². The first-order valence-electron chi connectivity index (χ1n) is 6.46. The van der Waals surface area contributed by atoms with E-state index >= 15 is 0 Å². The fraction of sp³-hybridized carbons (Fsp3) is 0.462. The Balaban J connectivity index is 1.74. The van der Waals surface area contributed by atoms with Crippen molar-refractivity contribution < 1.29 is 4.79 Å². The number of anilines is 2. The van der Waals surface area contributed by atoms with E-state index in [0.717, 1.165) is 37.4 Å². The molecule has 0 radical (unpaired) electrons. The molecule has 0 spiro atoms. The van der Waals surface area contributed by atoms with Crippen molar-refractivity contribution in [3.8, 4) is 0 Å². The van der Waals surface area contributed by atoms with Gasteiger partial charge in [-0.15, -0.1) is 0 Å². The van der Waals surface area contributed by atoms with Crippen LogP contribution in [0.4, 0.5) is 16.2 Å². The molecule has 2 heterocycles. The first-order valence-corrected chi connectivity index (χ1v) is 6.46. The summed E-state index contributed by atoms with van der Waals surface area (Å²) in [5.41, 5.74) is 2.00. The molecule has 0 aliphatic carbocycles. The third-order valence-corrected chi connectivity index (χ3v) is 3.48. The van der Waals surface area contributed by atoms with Crippen molar-refractivity contribution in [2.24, 2.45) is 0 Å². The van der Waals surface area contributed by atoms with E-state index in [9.17, 15) is 4.79 Å². The van der Waals surface area contributed by atoms with Gasteiger partial charge in [-0.05, 0) is 25.1 Å². The van der Waals surface area contributed by atoms with E-state index in [1.165, 1.54) is 0 Å². The molecule has 1 unspecified atom stereocenters. The number of hydrogen-bond donors (Lipinski definition) is 3. The largest absolute Gasteiger partial charge is 0.382 e. The molecule has 5 nitrogen and oxygen atoms in total. The summed E-state index contributed by atoms with van der Waals surface area (Å²) in [6.45, 7) is 3.37. The molecule has 1 atom stereocenters. The van der Waals surface area contributed by atoms with Crippen molar-refractivity contribution in [3.05, 3.63) is 24.3 Å². The molecule has 3 rings (SSSR count). The van der Waals surface area contributed by atoms with E-state index < -0.39 is 0 Å². The molecular formula is C13H18N4O. The summed E-state index contributed by atoms with van der Waals surface area (Å²) in [6.07, 6.45) is 1.01. The van der Waals surface area contributed by atoms with Gasteiger partial charge in [0, 0.05) is 25.7 Å². The Bertz CT molecular complexity index is 442. The second-order valence-corrected chi connectivity index (χ2v) is 4.73. The molecule has 2 aliphatic heterocycles. The maximum atomic E-state index is 12.3. The predicted octanol–water partition coefficient (Wildman–Crippen LogP) is 0.990. The monoisotopic (exact) mass is 246 g/mol. The van der Waals surface area contributed by atoms with Crippen LogP contribution in [0.3, 0.4) is 0 Å². The van der Waals surface area contributed by atoms with E-state index in [4.69, 9.17) is 0 Å². The number of amides is 2. The Morgan fingerprint density at radius 3 is 3.06 bits per heavy atom. The minimum absolute atomic E-state index is 0.0117. The molecule has 1 saturated heterocycles. The Kier molecular flexibility index (Phi) is 3.06. The average molecular weight is 246 g/mol. The molecule has 5 heteroatoms. The first-order chi connectivity index (χ1) is 8.84. The quantitative estimate of drug-likeness (QED) is 0.692.